The van der Waals surface area contributed by atoms with E-state index in [4.69, 9.17) is 0 Å². The summed E-state index contributed by atoms with van der Waals surface area (Å²) in [4.78, 5) is 20.9. The van der Waals surface area contributed by atoms with Gasteiger partial charge in [0.2, 0.25) is 11.7 Å². The molecule has 7 heteroatoms. The van der Waals surface area contributed by atoms with Crippen molar-refractivity contribution >= 4 is 17.5 Å². The van der Waals surface area contributed by atoms with Crippen molar-refractivity contribution in [1.29, 1.82) is 0 Å². The number of H-pyrrole nitrogens is 1. The van der Waals surface area contributed by atoms with E-state index >= 15 is 0 Å². The molecular formula is C20H26N6O. The molecule has 4 rings (SSSR count). The lowest BCUT2D eigenvalue weighted by Crippen LogP contribution is -2.14. The molecule has 0 aromatic carbocycles. The number of rotatable bonds is 7. The van der Waals surface area contributed by atoms with Gasteiger partial charge in [0, 0.05) is 36.3 Å². The normalized spacial score (nSPS) is 19.6. The molecule has 1 saturated carbocycles. The first-order valence-electron chi connectivity index (χ1n) is 9.85. The van der Waals surface area contributed by atoms with E-state index in [1.54, 1.807) is 6.20 Å². The van der Waals surface area contributed by atoms with Gasteiger partial charge in [0.15, 0.2) is 5.82 Å². The molecule has 7 nitrogen and oxygen atoms in total. The number of carbonyl (C=O) groups excluding carboxylic acids is 1. The van der Waals surface area contributed by atoms with Gasteiger partial charge in [0.05, 0.1) is 12.1 Å². The highest BCUT2D eigenvalue weighted by Crippen LogP contribution is 2.40. The fourth-order valence-corrected chi connectivity index (χ4v) is 4.04. The lowest BCUT2D eigenvalue weighted by atomic mass is 9.98. The van der Waals surface area contributed by atoms with Crippen LogP contribution in [0.4, 0.5) is 5.82 Å². The van der Waals surface area contributed by atoms with Crippen LogP contribution in [0.15, 0.2) is 30.7 Å². The van der Waals surface area contributed by atoms with Crippen molar-refractivity contribution in [2.24, 2.45) is 5.92 Å². The van der Waals surface area contributed by atoms with Gasteiger partial charge < -0.3 is 5.32 Å². The number of fused-ring (bicyclic) bond motifs is 1. The molecule has 0 spiro atoms. The third kappa shape index (κ3) is 4.18. The van der Waals surface area contributed by atoms with Crippen molar-refractivity contribution in [3.05, 3.63) is 42.1 Å². The van der Waals surface area contributed by atoms with E-state index < -0.39 is 0 Å². The zero-order valence-corrected chi connectivity index (χ0v) is 15.7. The van der Waals surface area contributed by atoms with Crippen molar-refractivity contribution in [2.75, 3.05) is 5.32 Å². The van der Waals surface area contributed by atoms with Crippen LogP contribution in [0.1, 0.15) is 62.8 Å². The smallest absolute Gasteiger partial charge is 0.233 e. The summed E-state index contributed by atoms with van der Waals surface area (Å²) in [7, 11) is 0. The van der Waals surface area contributed by atoms with Gasteiger partial charge in [0.25, 0.3) is 0 Å². The van der Waals surface area contributed by atoms with Crippen molar-refractivity contribution in [3.63, 3.8) is 0 Å². The Balaban J connectivity index is 1.33. The molecule has 2 N–H and O–H groups in total. The van der Waals surface area contributed by atoms with Crippen LogP contribution >= 0.6 is 0 Å². The van der Waals surface area contributed by atoms with E-state index in [9.17, 15) is 4.79 Å². The zero-order valence-electron chi connectivity index (χ0n) is 15.7. The van der Waals surface area contributed by atoms with Crippen LogP contribution in [0, 0.1) is 5.92 Å². The molecule has 2 atom stereocenters. The number of aromatic nitrogens is 5. The number of nitrogens with zero attached hydrogens (tertiary/aromatic N) is 4. The number of amides is 1. The van der Waals surface area contributed by atoms with Crippen LogP contribution in [0.5, 0.6) is 0 Å². The van der Waals surface area contributed by atoms with Gasteiger partial charge in [-0.25, -0.2) is 9.97 Å². The van der Waals surface area contributed by atoms with Crippen LogP contribution in [-0.2, 0) is 11.2 Å². The number of carbonyl (C=O) groups is 1. The maximum absolute atomic E-state index is 12.3. The molecule has 27 heavy (non-hydrogen) atoms. The molecule has 1 aliphatic carbocycles. The molecule has 142 valence electrons. The second kappa shape index (κ2) is 7.90. The summed E-state index contributed by atoms with van der Waals surface area (Å²) in [6.45, 7) is 2.25. The largest absolute Gasteiger partial charge is 0.309 e. The number of aromatic amines is 1. The Kier molecular flexibility index (Phi) is 5.18. The molecule has 1 amide bonds. The molecule has 1 fully saturated rings. The Morgan fingerprint density at radius 3 is 3.19 bits per heavy atom. The molecule has 0 saturated heterocycles. The number of anilines is 1. The third-order valence-electron chi connectivity index (χ3n) is 5.44. The molecule has 0 unspecified atom stereocenters. The Bertz CT molecular complexity index is 881. The molecule has 0 radical (unpaired) electrons. The summed E-state index contributed by atoms with van der Waals surface area (Å²) in [6, 6.07) is 3.82. The lowest BCUT2D eigenvalue weighted by molar-refractivity contribution is -0.115. The van der Waals surface area contributed by atoms with E-state index in [1.807, 2.05) is 28.9 Å². The minimum Gasteiger partial charge on any atom is -0.309 e. The predicted octanol–water partition coefficient (Wildman–Crippen LogP) is 3.71. The average Bonchev–Trinajstić information content (AvgIpc) is 3.38. The van der Waals surface area contributed by atoms with Crippen molar-refractivity contribution < 1.29 is 4.79 Å². The minimum absolute atomic E-state index is 0.122. The van der Waals surface area contributed by atoms with E-state index in [1.165, 1.54) is 38.5 Å². The standard InChI is InChI=1S/C20H26N6O/c1-2-3-5-14-6-7-15(10-14)17-12-18(25-24-17)23-19(27)11-16-13-26-9-4-8-21-20(26)22-16/h4,8-9,12-15H,2-3,5-7,10-11H2,1H3,(H2,23,24,25,27)/t14-,15+/m1/s1. The average molecular weight is 366 g/mol. The third-order valence-corrected chi connectivity index (χ3v) is 5.44. The number of imidazole rings is 1. The molecule has 0 aliphatic heterocycles. The van der Waals surface area contributed by atoms with Gasteiger partial charge in [-0.15, -0.1) is 0 Å². The van der Waals surface area contributed by atoms with Gasteiger partial charge in [-0.2, -0.15) is 5.10 Å². The Morgan fingerprint density at radius 1 is 1.41 bits per heavy atom. The van der Waals surface area contributed by atoms with Gasteiger partial charge in [-0.3, -0.25) is 14.3 Å². The van der Waals surface area contributed by atoms with Crippen LogP contribution in [0.25, 0.3) is 5.78 Å². The fraction of sp³-hybridized carbons (Fsp3) is 0.500. The highest BCUT2D eigenvalue weighted by Gasteiger charge is 2.26. The van der Waals surface area contributed by atoms with Gasteiger partial charge in [-0.1, -0.05) is 26.2 Å². The Hall–Kier alpha value is -2.70. The first-order valence-corrected chi connectivity index (χ1v) is 9.85. The zero-order chi connectivity index (χ0) is 18.6. The van der Waals surface area contributed by atoms with Crippen molar-refractivity contribution in [2.45, 2.75) is 57.8 Å². The fourth-order valence-electron chi connectivity index (χ4n) is 4.04. The van der Waals surface area contributed by atoms with Gasteiger partial charge in [0.1, 0.15) is 0 Å². The SMILES string of the molecule is CCCC[C@@H]1CC[C@H](c2cc(NC(=O)Cc3cn4cccnc4n3)n[nH]2)C1. The number of hydrogen-bond donors (Lipinski definition) is 2. The molecule has 3 heterocycles. The first-order chi connectivity index (χ1) is 13.2. The first kappa shape index (κ1) is 17.7. The maximum Gasteiger partial charge on any atom is 0.233 e. The summed E-state index contributed by atoms with van der Waals surface area (Å²) >= 11 is 0. The highest BCUT2D eigenvalue weighted by atomic mass is 16.1. The molecule has 3 aromatic rings. The minimum atomic E-state index is -0.122. The quantitative estimate of drug-likeness (QED) is 0.667. The number of hydrogen-bond acceptors (Lipinski definition) is 4. The van der Waals surface area contributed by atoms with Gasteiger partial charge in [-0.05, 0) is 31.2 Å². The Morgan fingerprint density at radius 2 is 2.33 bits per heavy atom. The van der Waals surface area contributed by atoms with E-state index in [-0.39, 0.29) is 12.3 Å². The molecule has 3 aromatic heterocycles. The van der Waals surface area contributed by atoms with Crippen molar-refractivity contribution in [3.8, 4) is 0 Å². The second-order valence-electron chi connectivity index (χ2n) is 7.51. The highest BCUT2D eigenvalue weighted by molar-refractivity contribution is 5.91. The molecule has 1 aliphatic rings. The molecular weight excluding hydrogens is 340 g/mol. The number of nitrogens with one attached hydrogen (secondary N) is 2. The Labute approximate surface area is 158 Å². The predicted molar refractivity (Wildman–Crippen MR) is 104 cm³/mol. The summed E-state index contributed by atoms with van der Waals surface area (Å²) in [5, 5.41) is 10.3. The summed E-state index contributed by atoms with van der Waals surface area (Å²) in [5.74, 6) is 2.44. The van der Waals surface area contributed by atoms with E-state index in [0.29, 0.717) is 23.2 Å². The van der Waals surface area contributed by atoms with Crippen LogP contribution in [0.3, 0.4) is 0 Å². The lowest BCUT2D eigenvalue weighted by Gasteiger charge is -2.09. The second-order valence-corrected chi connectivity index (χ2v) is 7.51. The monoisotopic (exact) mass is 366 g/mol. The summed E-state index contributed by atoms with van der Waals surface area (Å²) in [5.41, 5.74) is 1.83. The van der Waals surface area contributed by atoms with Crippen LogP contribution < -0.4 is 5.32 Å². The molecule has 0 bridgehead atoms. The summed E-state index contributed by atoms with van der Waals surface area (Å²) < 4.78 is 1.81. The van der Waals surface area contributed by atoms with Crippen LogP contribution in [0.2, 0.25) is 0 Å². The van der Waals surface area contributed by atoms with E-state index in [2.05, 4.69) is 32.4 Å². The maximum atomic E-state index is 12.3. The van der Waals surface area contributed by atoms with Gasteiger partial charge >= 0.3 is 0 Å². The van der Waals surface area contributed by atoms with Crippen LogP contribution in [-0.4, -0.2) is 30.5 Å². The topological polar surface area (TPSA) is 88.0 Å². The van der Waals surface area contributed by atoms with Crippen molar-refractivity contribution in [1.82, 2.24) is 24.6 Å². The summed E-state index contributed by atoms with van der Waals surface area (Å²) in [6.07, 6.45) is 13.2. The van der Waals surface area contributed by atoms with E-state index in [0.717, 1.165) is 11.6 Å². The number of unbranched alkanes of at least 4 members (excludes halogenated alkanes) is 1.